The van der Waals surface area contributed by atoms with Crippen LogP contribution < -0.4 is 9.47 Å². The smallest absolute Gasteiger partial charge is 0.297 e. The minimum atomic E-state index is -1.12. The number of ketones is 1. The normalized spacial score (nSPS) is 21.1. The van der Waals surface area contributed by atoms with Crippen LogP contribution in [0.1, 0.15) is 52.9 Å². The maximum absolute atomic E-state index is 13.1. The summed E-state index contributed by atoms with van der Waals surface area (Å²) in [5, 5.41) is 0.291. The predicted octanol–water partition coefficient (Wildman–Crippen LogP) is 4.68. The van der Waals surface area contributed by atoms with Gasteiger partial charge in [-0.05, 0) is 45.4 Å². The molecule has 0 saturated heterocycles. The highest BCUT2D eigenvalue weighted by Gasteiger charge is 2.26. The standard InChI is InChI=1S/C22H31ClFN3O4/c1-13(9-15(3)28)11-29-16-5-7-17(8-6-16)31-22-26-18-10-25-21(30-12-14(2)24)19(23)20(18)27(22)4/h10,13-14,16-17H,5-9,11-12H2,1-4H3/t13-,14-,16?,17?/m1/s1. The van der Waals surface area contributed by atoms with Crippen molar-refractivity contribution in [2.75, 3.05) is 13.2 Å². The molecular formula is C22H31ClFN3O4. The van der Waals surface area contributed by atoms with Gasteiger partial charge >= 0.3 is 0 Å². The summed E-state index contributed by atoms with van der Waals surface area (Å²) >= 11 is 6.43. The predicted molar refractivity (Wildman–Crippen MR) is 117 cm³/mol. The second-order valence-electron chi connectivity index (χ2n) is 8.52. The van der Waals surface area contributed by atoms with Crippen LogP contribution in [0.25, 0.3) is 11.0 Å². The van der Waals surface area contributed by atoms with Crippen molar-refractivity contribution < 1.29 is 23.4 Å². The quantitative estimate of drug-likeness (QED) is 0.517. The van der Waals surface area contributed by atoms with Gasteiger partial charge in [0, 0.05) is 20.1 Å². The number of aromatic nitrogens is 3. The number of rotatable bonds is 10. The van der Waals surface area contributed by atoms with Crippen LogP contribution in [-0.2, 0) is 16.6 Å². The lowest BCUT2D eigenvalue weighted by Crippen LogP contribution is -2.30. The first-order chi connectivity index (χ1) is 14.7. The number of carbonyl (C=O) groups excluding carboxylic acids is 1. The minimum Gasteiger partial charge on any atom is -0.473 e. The lowest BCUT2D eigenvalue weighted by atomic mass is 9.95. The molecule has 2 aromatic rings. The van der Waals surface area contributed by atoms with Gasteiger partial charge in [-0.2, -0.15) is 4.98 Å². The Bertz CT molecular complexity index is 896. The monoisotopic (exact) mass is 455 g/mol. The van der Waals surface area contributed by atoms with E-state index >= 15 is 0 Å². The molecule has 1 aliphatic carbocycles. The molecule has 0 spiro atoms. The van der Waals surface area contributed by atoms with Crippen LogP contribution in [0.5, 0.6) is 11.9 Å². The molecule has 0 radical (unpaired) electrons. The third-order valence-electron chi connectivity index (χ3n) is 5.38. The molecule has 2 aromatic heterocycles. The zero-order valence-electron chi connectivity index (χ0n) is 18.6. The zero-order valence-corrected chi connectivity index (χ0v) is 19.3. The average molecular weight is 456 g/mol. The molecule has 3 rings (SSSR count). The molecule has 0 aromatic carbocycles. The van der Waals surface area contributed by atoms with Gasteiger partial charge in [-0.15, -0.1) is 0 Å². The number of alkyl halides is 1. The van der Waals surface area contributed by atoms with E-state index in [4.69, 9.17) is 25.8 Å². The summed E-state index contributed by atoms with van der Waals surface area (Å²) in [4.78, 5) is 19.9. The fourth-order valence-corrected chi connectivity index (χ4v) is 4.17. The number of pyridine rings is 1. The molecule has 2 atom stereocenters. The summed E-state index contributed by atoms with van der Waals surface area (Å²) in [7, 11) is 1.82. The van der Waals surface area contributed by atoms with Gasteiger partial charge in [0.1, 0.15) is 35.2 Å². The van der Waals surface area contributed by atoms with Crippen LogP contribution in [0.3, 0.4) is 0 Å². The van der Waals surface area contributed by atoms with Gasteiger partial charge in [0.05, 0.1) is 17.8 Å². The third kappa shape index (κ3) is 6.29. The summed E-state index contributed by atoms with van der Waals surface area (Å²) in [6.45, 7) is 5.56. The first-order valence-electron chi connectivity index (χ1n) is 10.8. The fourth-order valence-electron chi connectivity index (χ4n) is 3.84. The van der Waals surface area contributed by atoms with Crippen molar-refractivity contribution in [3.05, 3.63) is 11.2 Å². The Labute approximate surface area is 187 Å². The summed E-state index contributed by atoms with van der Waals surface area (Å²) in [6, 6.07) is 0.467. The maximum atomic E-state index is 13.1. The minimum absolute atomic E-state index is 0.0415. The number of imidazole rings is 1. The summed E-state index contributed by atoms with van der Waals surface area (Å²) in [6.07, 6.45) is 4.78. The number of nitrogens with zero attached hydrogens (tertiary/aromatic N) is 3. The van der Waals surface area contributed by atoms with Crippen LogP contribution in [-0.4, -0.2) is 51.9 Å². The number of Topliss-reactive ketones (excluding diaryl/α,β-unsaturated/α-hetero) is 1. The fraction of sp³-hybridized carbons (Fsp3) is 0.682. The number of ether oxygens (including phenoxy) is 3. The molecule has 1 fully saturated rings. The summed E-state index contributed by atoms with van der Waals surface area (Å²) < 4.78 is 32.4. The highest BCUT2D eigenvalue weighted by atomic mass is 35.5. The summed E-state index contributed by atoms with van der Waals surface area (Å²) in [5.41, 5.74) is 1.24. The SMILES string of the molecule is CC(=O)C[C@@H](C)COC1CCC(Oc2nc3cnc(OC[C@@H](C)F)c(Cl)c3n2C)CC1. The first kappa shape index (κ1) is 23.7. The van der Waals surface area contributed by atoms with E-state index < -0.39 is 6.17 Å². The molecule has 9 heteroatoms. The number of aryl methyl sites for hydroxylation is 1. The zero-order chi connectivity index (χ0) is 22.5. The molecular weight excluding hydrogens is 425 g/mol. The molecule has 7 nitrogen and oxygen atoms in total. The van der Waals surface area contributed by atoms with Crippen molar-refractivity contribution in [3.63, 3.8) is 0 Å². The van der Waals surface area contributed by atoms with Crippen molar-refractivity contribution in [1.82, 2.24) is 14.5 Å². The van der Waals surface area contributed by atoms with Crippen LogP contribution >= 0.6 is 11.6 Å². The lowest BCUT2D eigenvalue weighted by molar-refractivity contribution is -0.118. The molecule has 0 aliphatic heterocycles. The molecule has 1 saturated carbocycles. The highest BCUT2D eigenvalue weighted by molar-refractivity contribution is 6.36. The topological polar surface area (TPSA) is 75.5 Å². The van der Waals surface area contributed by atoms with Gasteiger partial charge in [-0.25, -0.2) is 9.37 Å². The Morgan fingerprint density at radius 3 is 2.58 bits per heavy atom. The van der Waals surface area contributed by atoms with Gasteiger partial charge in [0.25, 0.3) is 6.01 Å². The second kappa shape index (κ2) is 10.6. The Hall–Kier alpha value is -1.93. The molecule has 0 N–H and O–H groups in total. The van der Waals surface area contributed by atoms with E-state index in [1.807, 2.05) is 14.0 Å². The van der Waals surface area contributed by atoms with Crippen molar-refractivity contribution >= 4 is 28.4 Å². The lowest BCUT2D eigenvalue weighted by Gasteiger charge is -2.29. The molecule has 1 aliphatic rings. The summed E-state index contributed by atoms with van der Waals surface area (Å²) in [5.74, 6) is 0.623. The Kier molecular flexibility index (Phi) is 8.11. The number of carbonyl (C=O) groups is 1. The van der Waals surface area contributed by atoms with Gasteiger partial charge in [-0.3, -0.25) is 4.57 Å². The van der Waals surface area contributed by atoms with Crippen molar-refractivity contribution in [2.24, 2.45) is 13.0 Å². The van der Waals surface area contributed by atoms with Crippen molar-refractivity contribution in [1.29, 1.82) is 0 Å². The Morgan fingerprint density at radius 1 is 1.26 bits per heavy atom. The van der Waals surface area contributed by atoms with Gasteiger partial charge in [0.2, 0.25) is 5.88 Å². The number of hydrogen-bond donors (Lipinski definition) is 0. The molecule has 0 bridgehead atoms. The second-order valence-corrected chi connectivity index (χ2v) is 8.90. The highest BCUT2D eigenvalue weighted by Crippen LogP contribution is 2.34. The van der Waals surface area contributed by atoms with E-state index in [-0.39, 0.29) is 36.4 Å². The van der Waals surface area contributed by atoms with E-state index in [9.17, 15) is 9.18 Å². The van der Waals surface area contributed by atoms with Crippen LogP contribution in [0.4, 0.5) is 4.39 Å². The number of halogens is 2. The van der Waals surface area contributed by atoms with Gasteiger partial charge in [0.15, 0.2) is 0 Å². The van der Waals surface area contributed by atoms with E-state index in [0.29, 0.717) is 35.1 Å². The van der Waals surface area contributed by atoms with Crippen LogP contribution in [0.15, 0.2) is 6.20 Å². The molecule has 172 valence electrons. The average Bonchev–Trinajstić information content (AvgIpc) is 3.02. The Balaban J connectivity index is 1.57. The molecule has 0 amide bonds. The van der Waals surface area contributed by atoms with Crippen molar-refractivity contribution in [3.8, 4) is 11.9 Å². The molecule has 31 heavy (non-hydrogen) atoms. The van der Waals surface area contributed by atoms with Gasteiger partial charge in [-0.1, -0.05) is 18.5 Å². The van der Waals surface area contributed by atoms with Crippen LogP contribution in [0, 0.1) is 5.92 Å². The van der Waals surface area contributed by atoms with Crippen LogP contribution in [0.2, 0.25) is 5.02 Å². The first-order valence-corrected chi connectivity index (χ1v) is 11.2. The van der Waals surface area contributed by atoms with E-state index in [1.165, 1.54) is 6.92 Å². The third-order valence-corrected chi connectivity index (χ3v) is 5.72. The van der Waals surface area contributed by atoms with Gasteiger partial charge < -0.3 is 19.0 Å². The van der Waals surface area contributed by atoms with E-state index in [2.05, 4.69) is 9.97 Å². The van der Waals surface area contributed by atoms with E-state index in [0.717, 1.165) is 25.7 Å². The Morgan fingerprint density at radius 2 is 1.94 bits per heavy atom. The number of hydrogen-bond acceptors (Lipinski definition) is 6. The molecule has 2 heterocycles. The molecule has 0 unspecified atom stereocenters. The largest absolute Gasteiger partial charge is 0.473 e. The van der Waals surface area contributed by atoms with Crippen molar-refractivity contribution in [2.45, 2.75) is 71.3 Å². The maximum Gasteiger partial charge on any atom is 0.297 e. The van der Waals surface area contributed by atoms with E-state index in [1.54, 1.807) is 17.7 Å². The number of fused-ring (bicyclic) bond motifs is 1.